The standard InChI is InChI=1S/C13H18O6S/c1-16-20(14,15)19-11-13(9-18-10-13)8-17-7-12-5-3-2-4-6-12/h2-6H,7-11H2,1H3. The van der Waals surface area contributed by atoms with Gasteiger partial charge >= 0.3 is 10.4 Å². The predicted octanol–water partition coefficient (Wildman–Crippen LogP) is 1.13. The summed E-state index contributed by atoms with van der Waals surface area (Å²) in [6.45, 7) is 1.68. The Hall–Kier alpha value is -0.990. The van der Waals surface area contributed by atoms with E-state index < -0.39 is 15.8 Å². The second kappa shape index (κ2) is 6.64. The van der Waals surface area contributed by atoms with Gasteiger partial charge in [0.2, 0.25) is 0 Å². The van der Waals surface area contributed by atoms with Gasteiger partial charge in [-0.25, -0.2) is 4.18 Å². The molecule has 0 aliphatic carbocycles. The summed E-state index contributed by atoms with van der Waals surface area (Å²) in [5.41, 5.74) is 0.647. The van der Waals surface area contributed by atoms with Gasteiger partial charge in [0.15, 0.2) is 0 Å². The van der Waals surface area contributed by atoms with Gasteiger partial charge in [0.25, 0.3) is 0 Å². The third kappa shape index (κ3) is 4.26. The first-order valence-corrected chi connectivity index (χ1v) is 7.53. The number of ether oxygens (including phenoxy) is 2. The van der Waals surface area contributed by atoms with E-state index in [1.807, 2.05) is 30.3 Å². The molecule has 0 radical (unpaired) electrons. The minimum Gasteiger partial charge on any atom is -0.380 e. The number of hydrogen-bond donors (Lipinski definition) is 0. The van der Waals surface area contributed by atoms with Crippen LogP contribution in [0, 0.1) is 5.41 Å². The molecule has 7 heteroatoms. The molecule has 2 rings (SSSR count). The van der Waals surface area contributed by atoms with Gasteiger partial charge in [0, 0.05) is 0 Å². The van der Waals surface area contributed by atoms with Gasteiger partial charge in [-0.2, -0.15) is 8.42 Å². The zero-order chi connectivity index (χ0) is 14.5. The molecule has 112 valence electrons. The SMILES string of the molecule is COS(=O)(=O)OCC1(COCc2ccccc2)COC1. The van der Waals surface area contributed by atoms with Gasteiger partial charge in [-0.3, -0.25) is 4.18 Å². The molecule has 0 aromatic heterocycles. The molecular weight excluding hydrogens is 284 g/mol. The second-order valence-electron chi connectivity index (χ2n) is 4.81. The molecule has 1 fully saturated rings. The first-order chi connectivity index (χ1) is 9.55. The fourth-order valence-corrected chi connectivity index (χ4v) is 2.29. The summed E-state index contributed by atoms with van der Waals surface area (Å²) < 4.78 is 42.1. The monoisotopic (exact) mass is 302 g/mol. The van der Waals surface area contributed by atoms with E-state index in [4.69, 9.17) is 13.7 Å². The van der Waals surface area contributed by atoms with Crippen molar-refractivity contribution >= 4 is 10.4 Å². The van der Waals surface area contributed by atoms with Crippen molar-refractivity contribution in [3.05, 3.63) is 35.9 Å². The summed E-state index contributed by atoms with van der Waals surface area (Å²) >= 11 is 0. The topological polar surface area (TPSA) is 71.1 Å². The van der Waals surface area contributed by atoms with E-state index in [9.17, 15) is 8.42 Å². The van der Waals surface area contributed by atoms with Crippen molar-refractivity contribution in [1.29, 1.82) is 0 Å². The lowest BCUT2D eigenvalue weighted by atomic mass is 9.88. The van der Waals surface area contributed by atoms with E-state index in [2.05, 4.69) is 4.18 Å². The quantitative estimate of drug-likeness (QED) is 0.717. The smallest absolute Gasteiger partial charge is 0.380 e. The summed E-state index contributed by atoms with van der Waals surface area (Å²) in [5.74, 6) is 0. The zero-order valence-corrected chi connectivity index (χ0v) is 12.1. The molecule has 0 spiro atoms. The van der Waals surface area contributed by atoms with Crippen LogP contribution in [0.4, 0.5) is 0 Å². The van der Waals surface area contributed by atoms with E-state index in [1.54, 1.807) is 0 Å². The summed E-state index contributed by atoms with van der Waals surface area (Å²) in [5, 5.41) is 0. The van der Waals surface area contributed by atoms with Gasteiger partial charge in [-0.15, -0.1) is 0 Å². The van der Waals surface area contributed by atoms with Crippen LogP contribution in [0.3, 0.4) is 0 Å². The van der Waals surface area contributed by atoms with Crippen molar-refractivity contribution in [3.63, 3.8) is 0 Å². The Bertz CT molecular complexity index is 509. The number of hydrogen-bond acceptors (Lipinski definition) is 6. The Morgan fingerprint density at radius 1 is 1.20 bits per heavy atom. The maximum Gasteiger partial charge on any atom is 0.399 e. The third-order valence-corrected chi connectivity index (χ3v) is 3.86. The lowest BCUT2D eigenvalue weighted by Crippen LogP contribution is -2.50. The van der Waals surface area contributed by atoms with Crippen molar-refractivity contribution in [1.82, 2.24) is 0 Å². The van der Waals surface area contributed by atoms with Crippen LogP contribution in [0.25, 0.3) is 0 Å². The molecule has 1 aliphatic heterocycles. The molecule has 0 atom stereocenters. The van der Waals surface area contributed by atoms with Crippen LogP contribution in [0.2, 0.25) is 0 Å². The summed E-state index contributed by atoms with van der Waals surface area (Å²) in [6, 6.07) is 9.75. The summed E-state index contributed by atoms with van der Waals surface area (Å²) in [6.07, 6.45) is 0. The molecule has 0 saturated carbocycles. The molecule has 6 nitrogen and oxygen atoms in total. The molecule has 1 aliphatic rings. The molecular formula is C13H18O6S. The Morgan fingerprint density at radius 2 is 1.90 bits per heavy atom. The van der Waals surface area contributed by atoms with Gasteiger partial charge in [-0.1, -0.05) is 30.3 Å². The molecule has 1 heterocycles. The van der Waals surface area contributed by atoms with E-state index in [0.29, 0.717) is 26.4 Å². The largest absolute Gasteiger partial charge is 0.399 e. The van der Waals surface area contributed by atoms with Gasteiger partial charge in [-0.05, 0) is 5.56 Å². The van der Waals surface area contributed by atoms with Crippen molar-refractivity contribution in [2.24, 2.45) is 5.41 Å². The first kappa shape index (κ1) is 15.4. The Labute approximate surface area is 118 Å². The minimum absolute atomic E-state index is 0.00202. The van der Waals surface area contributed by atoms with Crippen molar-refractivity contribution in [2.45, 2.75) is 6.61 Å². The highest BCUT2D eigenvalue weighted by atomic mass is 32.3. The Balaban J connectivity index is 1.80. The van der Waals surface area contributed by atoms with Crippen LogP contribution in [0.5, 0.6) is 0 Å². The average molecular weight is 302 g/mol. The Morgan fingerprint density at radius 3 is 2.45 bits per heavy atom. The highest BCUT2D eigenvalue weighted by molar-refractivity contribution is 7.81. The van der Waals surface area contributed by atoms with Crippen LogP contribution in [0.1, 0.15) is 5.56 Å². The summed E-state index contributed by atoms with van der Waals surface area (Å²) in [4.78, 5) is 0. The maximum absolute atomic E-state index is 11.2. The zero-order valence-electron chi connectivity index (χ0n) is 11.3. The van der Waals surface area contributed by atoms with E-state index >= 15 is 0 Å². The second-order valence-corrected chi connectivity index (χ2v) is 6.19. The summed E-state index contributed by atoms with van der Waals surface area (Å²) in [7, 11) is -2.86. The van der Waals surface area contributed by atoms with E-state index in [1.165, 1.54) is 0 Å². The Kier molecular flexibility index (Phi) is 5.11. The van der Waals surface area contributed by atoms with Crippen LogP contribution in [0.15, 0.2) is 30.3 Å². The molecule has 0 unspecified atom stereocenters. The number of benzene rings is 1. The van der Waals surface area contributed by atoms with E-state index in [-0.39, 0.29) is 6.61 Å². The van der Waals surface area contributed by atoms with Crippen LogP contribution >= 0.6 is 0 Å². The predicted molar refractivity (Wildman–Crippen MR) is 71.2 cm³/mol. The molecule has 20 heavy (non-hydrogen) atoms. The van der Waals surface area contributed by atoms with Crippen molar-refractivity contribution in [3.8, 4) is 0 Å². The van der Waals surface area contributed by atoms with Crippen molar-refractivity contribution in [2.75, 3.05) is 33.5 Å². The highest BCUT2D eigenvalue weighted by Crippen LogP contribution is 2.29. The molecule has 0 amide bonds. The van der Waals surface area contributed by atoms with Gasteiger partial charge < -0.3 is 9.47 Å². The normalized spacial score (nSPS) is 17.6. The highest BCUT2D eigenvalue weighted by Gasteiger charge is 2.41. The maximum atomic E-state index is 11.2. The molecule has 0 bridgehead atoms. The van der Waals surface area contributed by atoms with Crippen LogP contribution in [-0.2, 0) is 34.8 Å². The number of rotatable bonds is 8. The lowest BCUT2D eigenvalue weighted by Gasteiger charge is -2.40. The molecule has 1 aromatic carbocycles. The first-order valence-electron chi connectivity index (χ1n) is 6.20. The molecule has 0 N–H and O–H groups in total. The molecule has 1 saturated heterocycles. The molecule has 1 aromatic rings. The van der Waals surface area contributed by atoms with Crippen molar-refractivity contribution < 1.29 is 26.3 Å². The lowest BCUT2D eigenvalue weighted by molar-refractivity contribution is -0.166. The van der Waals surface area contributed by atoms with E-state index in [0.717, 1.165) is 12.7 Å². The van der Waals surface area contributed by atoms with Gasteiger partial charge in [0.1, 0.15) is 0 Å². The fraction of sp³-hybridized carbons (Fsp3) is 0.538. The van der Waals surface area contributed by atoms with Gasteiger partial charge in [0.05, 0.1) is 45.6 Å². The van der Waals surface area contributed by atoms with Crippen LogP contribution < -0.4 is 0 Å². The third-order valence-electron chi connectivity index (χ3n) is 3.05. The van der Waals surface area contributed by atoms with Crippen LogP contribution in [-0.4, -0.2) is 42.0 Å². The average Bonchev–Trinajstić information content (AvgIpc) is 2.42. The minimum atomic E-state index is -3.92. The fourth-order valence-electron chi connectivity index (χ4n) is 1.80.